The molecule has 2 aromatic carbocycles. The van der Waals surface area contributed by atoms with Crippen LogP contribution in [0.5, 0.6) is 0 Å². The molecule has 0 aliphatic heterocycles. The first-order valence-electron chi connectivity index (χ1n) is 9.48. The molecule has 5 aliphatic carbocycles. The Morgan fingerprint density at radius 2 is 1.26 bits per heavy atom. The third-order valence-electron chi connectivity index (χ3n) is 8.41. The lowest BCUT2D eigenvalue weighted by Crippen LogP contribution is -2.45. The molecule has 0 heterocycles. The van der Waals surface area contributed by atoms with Crippen LogP contribution in [0.3, 0.4) is 0 Å². The van der Waals surface area contributed by atoms with Gasteiger partial charge in [0.1, 0.15) is 0 Å². The molecule has 0 amide bonds. The van der Waals surface area contributed by atoms with Gasteiger partial charge in [0.05, 0.1) is 17.9 Å². The first kappa shape index (κ1) is 15.4. The Kier molecular flexibility index (Phi) is 2.44. The van der Waals surface area contributed by atoms with Crippen LogP contribution in [0.25, 0.3) is 11.1 Å². The standard InChI is InChI=1S/C23H20O4/c1-27-19(26)23-12-20-10-22(23,18(24)25)11-21(20,13-23)17-9-5-3-7-15(17)14-6-2-4-8-16(14)20/h2-9H,10-13H2,1H3,(H,24,25). The van der Waals surface area contributed by atoms with Crippen molar-refractivity contribution in [1.82, 2.24) is 0 Å². The molecule has 4 nitrogen and oxygen atoms in total. The molecular formula is C23H20O4. The van der Waals surface area contributed by atoms with Crippen LogP contribution in [0.4, 0.5) is 0 Å². The van der Waals surface area contributed by atoms with Gasteiger partial charge in [-0.25, -0.2) is 0 Å². The van der Waals surface area contributed by atoms with Crippen LogP contribution >= 0.6 is 0 Å². The number of carboxylic acids is 1. The van der Waals surface area contributed by atoms with E-state index in [9.17, 15) is 14.7 Å². The number of aliphatic carboxylic acids is 1. The fourth-order valence-electron chi connectivity index (χ4n) is 7.72. The van der Waals surface area contributed by atoms with E-state index in [0.29, 0.717) is 25.7 Å². The van der Waals surface area contributed by atoms with Gasteiger partial charge in [-0.2, -0.15) is 0 Å². The number of ether oxygens (including phenoxy) is 1. The van der Waals surface area contributed by atoms with E-state index >= 15 is 0 Å². The molecule has 4 saturated carbocycles. The van der Waals surface area contributed by atoms with Crippen molar-refractivity contribution in [3.05, 3.63) is 59.7 Å². The predicted octanol–water partition coefficient (Wildman–Crippen LogP) is 3.67. The van der Waals surface area contributed by atoms with Crippen molar-refractivity contribution in [1.29, 1.82) is 0 Å². The number of carboxylic acid groups (broad SMARTS) is 1. The normalized spacial score (nSPS) is 39.0. The van der Waals surface area contributed by atoms with Crippen molar-refractivity contribution >= 4 is 11.9 Å². The maximum Gasteiger partial charge on any atom is 0.313 e. The summed E-state index contributed by atoms with van der Waals surface area (Å²) < 4.78 is 5.20. The zero-order valence-electron chi connectivity index (χ0n) is 15.1. The molecular weight excluding hydrogens is 340 g/mol. The lowest BCUT2D eigenvalue weighted by molar-refractivity contribution is -0.170. The number of benzene rings is 2. The number of hydrogen-bond donors (Lipinski definition) is 1. The second kappa shape index (κ2) is 4.27. The maximum atomic E-state index is 13.0. The first-order valence-corrected chi connectivity index (χ1v) is 9.48. The molecule has 5 aliphatic rings. The number of fused-ring (bicyclic) bond motifs is 3. The van der Waals surface area contributed by atoms with E-state index in [4.69, 9.17) is 4.74 Å². The van der Waals surface area contributed by atoms with Gasteiger partial charge < -0.3 is 9.84 Å². The molecule has 136 valence electrons. The molecule has 4 heteroatoms. The minimum Gasteiger partial charge on any atom is -0.481 e. The predicted molar refractivity (Wildman–Crippen MR) is 98.2 cm³/mol. The Hall–Kier alpha value is -2.62. The highest BCUT2D eigenvalue weighted by atomic mass is 16.5. The van der Waals surface area contributed by atoms with E-state index in [-0.39, 0.29) is 16.8 Å². The molecule has 0 radical (unpaired) electrons. The smallest absolute Gasteiger partial charge is 0.313 e. The fourth-order valence-corrected chi connectivity index (χ4v) is 7.72. The summed E-state index contributed by atoms with van der Waals surface area (Å²) in [6, 6.07) is 16.7. The SMILES string of the molecule is COC(=O)C12CC34CC1(C(=O)O)CC3(C2)c1ccccc1-c1ccccc14. The Morgan fingerprint density at radius 3 is 1.70 bits per heavy atom. The highest BCUT2D eigenvalue weighted by Crippen LogP contribution is 2.88. The Labute approximate surface area is 157 Å². The summed E-state index contributed by atoms with van der Waals surface area (Å²) in [6.07, 6.45) is 2.19. The van der Waals surface area contributed by atoms with Crippen LogP contribution in [0, 0.1) is 10.8 Å². The Balaban J connectivity index is 1.75. The Bertz CT molecular complexity index is 990. The van der Waals surface area contributed by atoms with E-state index < -0.39 is 16.8 Å². The summed E-state index contributed by atoms with van der Waals surface area (Å²) in [7, 11) is 1.39. The summed E-state index contributed by atoms with van der Waals surface area (Å²) >= 11 is 0. The lowest BCUT2D eigenvalue weighted by atomic mass is 9.55. The van der Waals surface area contributed by atoms with Gasteiger partial charge in [0, 0.05) is 10.8 Å². The van der Waals surface area contributed by atoms with Crippen LogP contribution in [-0.4, -0.2) is 24.2 Å². The Morgan fingerprint density at radius 1 is 0.815 bits per heavy atom. The minimum atomic E-state index is -1.04. The molecule has 1 N–H and O–H groups in total. The average Bonchev–Trinajstić information content (AvgIpc) is 3.35. The highest BCUT2D eigenvalue weighted by Gasteiger charge is 2.89. The molecule has 2 atom stereocenters. The summed E-state index contributed by atoms with van der Waals surface area (Å²) in [4.78, 5) is 25.6. The molecule has 2 spiro atoms. The maximum absolute atomic E-state index is 13.0. The van der Waals surface area contributed by atoms with E-state index in [1.807, 2.05) is 24.3 Å². The summed E-state index contributed by atoms with van der Waals surface area (Å²) in [6.45, 7) is 0. The molecule has 7 rings (SSSR count). The zero-order chi connectivity index (χ0) is 18.7. The number of rotatable bonds is 2. The molecule has 2 unspecified atom stereocenters. The van der Waals surface area contributed by atoms with Gasteiger partial charge >= 0.3 is 11.9 Å². The fraction of sp³-hybridized carbons (Fsp3) is 0.391. The van der Waals surface area contributed by atoms with Crippen molar-refractivity contribution in [3.8, 4) is 11.1 Å². The number of carbonyl (C=O) groups excluding carboxylic acids is 1. The second-order valence-corrected chi connectivity index (χ2v) is 8.92. The van der Waals surface area contributed by atoms with Gasteiger partial charge in [0.2, 0.25) is 0 Å². The van der Waals surface area contributed by atoms with E-state index in [2.05, 4.69) is 24.3 Å². The topological polar surface area (TPSA) is 63.6 Å². The summed E-state index contributed by atoms with van der Waals surface area (Å²) in [5.41, 5.74) is 2.24. The van der Waals surface area contributed by atoms with Crippen LogP contribution < -0.4 is 0 Å². The van der Waals surface area contributed by atoms with Gasteiger partial charge in [0.25, 0.3) is 0 Å². The lowest BCUT2D eigenvalue weighted by Gasteiger charge is -2.47. The van der Waals surface area contributed by atoms with Gasteiger partial charge in [-0.15, -0.1) is 0 Å². The molecule has 4 bridgehead atoms. The number of methoxy groups -OCH3 is 1. The molecule has 0 saturated heterocycles. The van der Waals surface area contributed by atoms with Crippen molar-refractivity contribution in [3.63, 3.8) is 0 Å². The first-order chi connectivity index (χ1) is 13.0. The highest BCUT2D eigenvalue weighted by molar-refractivity contribution is 5.95. The van der Waals surface area contributed by atoms with E-state index in [0.717, 1.165) is 0 Å². The van der Waals surface area contributed by atoms with Crippen LogP contribution in [0.2, 0.25) is 0 Å². The second-order valence-electron chi connectivity index (χ2n) is 8.92. The van der Waals surface area contributed by atoms with Crippen LogP contribution in [-0.2, 0) is 25.2 Å². The quantitative estimate of drug-likeness (QED) is 0.830. The van der Waals surface area contributed by atoms with E-state index in [1.54, 1.807) is 0 Å². The van der Waals surface area contributed by atoms with Gasteiger partial charge in [-0.1, -0.05) is 48.5 Å². The summed E-state index contributed by atoms with van der Waals surface area (Å²) in [5.74, 6) is -1.19. The molecule has 4 fully saturated rings. The number of hydrogen-bond acceptors (Lipinski definition) is 3. The minimum absolute atomic E-state index is 0.301. The van der Waals surface area contributed by atoms with E-state index in [1.165, 1.54) is 29.4 Å². The van der Waals surface area contributed by atoms with Gasteiger partial charge in [0.15, 0.2) is 0 Å². The third-order valence-corrected chi connectivity index (χ3v) is 8.41. The van der Waals surface area contributed by atoms with Crippen molar-refractivity contribution < 1.29 is 19.4 Å². The van der Waals surface area contributed by atoms with Gasteiger partial charge in [-0.05, 0) is 47.9 Å². The largest absolute Gasteiger partial charge is 0.481 e. The van der Waals surface area contributed by atoms with Crippen LogP contribution in [0.1, 0.15) is 36.8 Å². The van der Waals surface area contributed by atoms with Gasteiger partial charge in [-0.3, -0.25) is 9.59 Å². The number of esters is 1. The van der Waals surface area contributed by atoms with Crippen molar-refractivity contribution in [2.75, 3.05) is 7.11 Å². The third kappa shape index (κ3) is 1.28. The van der Waals surface area contributed by atoms with Crippen molar-refractivity contribution in [2.45, 2.75) is 36.5 Å². The molecule has 27 heavy (non-hydrogen) atoms. The zero-order valence-corrected chi connectivity index (χ0v) is 15.1. The average molecular weight is 360 g/mol. The monoisotopic (exact) mass is 360 g/mol. The number of carbonyl (C=O) groups is 2. The molecule has 2 aromatic rings. The molecule has 0 aromatic heterocycles. The van der Waals surface area contributed by atoms with Crippen LogP contribution in [0.15, 0.2) is 48.5 Å². The summed E-state index contributed by atoms with van der Waals surface area (Å²) in [5, 5.41) is 10.3. The van der Waals surface area contributed by atoms with Crippen molar-refractivity contribution in [2.24, 2.45) is 10.8 Å².